The fourth-order valence-corrected chi connectivity index (χ4v) is 4.63. The van der Waals surface area contributed by atoms with Crippen molar-refractivity contribution in [2.24, 2.45) is 0 Å². The summed E-state index contributed by atoms with van der Waals surface area (Å²) in [6.45, 7) is 2.90. The van der Waals surface area contributed by atoms with E-state index in [9.17, 15) is 18.0 Å². The lowest BCUT2D eigenvalue weighted by atomic mass is 10.0. The first-order valence-corrected chi connectivity index (χ1v) is 10.7. The Bertz CT molecular complexity index is 947. The monoisotopic (exact) mass is 440 g/mol. The van der Waals surface area contributed by atoms with Crippen molar-refractivity contribution in [2.45, 2.75) is 30.1 Å². The lowest BCUT2D eigenvalue weighted by molar-refractivity contribution is -0.182. The van der Waals surface area contributed by atoms with Gasteiger partial charge in [0.15, 0.2) is 5.54 Å². The third kappa shape index (κ3) is 3.90. The molecule has 0 amide bonds. The predicted octanol–water partition coefficient (Wildman–Crippen LogP) is 3.01. The van der Waals surface area contributed by atoms with E-state index in [0.717, 1.165) is 16.4 Å². The molecular formula is C20H23F3N4O2S. The van der Waals surface area contributed by atoms with Gasteiger partial charge in [-0.05, 0) is 19.1 Å². The van der Waals surface area contributed by atoms with Crippen LogP contribution >= 0.6 is 11.8 Å². The second kappa shape index (κ2) is 8.14. The summed E-state index contributed by atoms with van der Waals surface area (Å²) in [6.07, 6.45) is -4.51. The van der Waals surface area contributed by atoms with Crippen LogP contribution in [0.4, 0.5) is 24.9 Å². The fraction of sp³-hybridized carbons (Fsp3) is 0.500. The molecule has 1 aromatic heterocycles. The normalized spacial score (nSPS) is 21.7. The van der Waals surface area contributed by atoms with Crippen molar-refractivity contribution in [3.63, 3.8) is 0 Å². The lowest BCUT2D eigenvalue weighted by Crippen LogP contribution is -2.56. The van der Waals surface area contributed by atoms with Crippen molar-refractivity contribution < 1.29 is 17.9 Å². The number of nitrogens with zero attached hydrogens (tertiary/aromatic N) is 4. The Balaban J connectivity index is 1.64. The summed E-state index contributed by atoms with van der Waals surface area (Å²) in [4.78, 5) is 21.3. The largest absolute Gasteiger partial charge is 0.413 e. The zero-order valence-electron chi connectivity index (χ0n) is 16.6. The van der Waals surface area contributed by atoms with Crippen molar-refractivity contribution >= 4 is 23.5 Å². The van der Waals surface area contributed by atoms with Gasteiger partial charge in [-0.25, -0.2) is 0 Å². The van der Waals surface area contributed by atoms with Crippen LogP contribution < -0.4 is 15.4 Å². The number of hydrogen-bond donors (Lipinski definition) is 0. The molecule has 10 heteroatoms. The quantitative estimate of drug-likeness (QED) is 0.667. The molecule has 2 aromatic rings. The molecule has 30 heavy (non-hydrogen) atoms. The van der Waals surface area contributed by atoms with Gasteiger partial charge in [0, 0.05) is 36.3 Å². The molecule has 162 valence electrons. The zero-order chi connectivity index (χ0) is 21.4. The Morgan fingerprint density at radius 1 is 1.20 bits per heavy atom. The molecule has 3 heterocycles. The molecule has 1 atom stereocenters. The number of halogens is 3. The summed E-state index contributed by atoms with van der Waals surface area (Å²) in [5, 5.41) is 0. The molecule has 0 bridgehead atoms. The van der Waals surface area contributed by atoms with Gasteiger partial charge >= 0.3 is 6.18 Å². The van der Waals surface area contributed by atoms with Crippen LogP contribution in [0.5, 0.6) is 0 Å². The predicted molar refractivity (Wildman–Crippen MR) is 111 cm³/mol. The molecule has 2 aliphatic rings. The Morgan fingerprint density at radius 3 is 2.57 bits per heavy atom. The van der Waals surface area contributed by atoms with Crippen molar-refractivity contribution in [2.75, 3.05) is 48.4 Å². The highest BCUT2D eigenvalue weighted by Crippen LogP contribution is 2.43. The zero-order valence-corrected chi connectivity index (χ0v) is 17.4. The Kier molecular flexibility index (Phi) is 5.71. The number of fused-ring (bicyclic) bond motifs is 1. The highest BCUT2D eigenvalue weighted by atomic mass is 32.2. The van der Waals surface area contributed by atoms with E-state index in [1.165, 1.54) is 22.7 Å². The Morgan fingerprint density at radius 2 is 1.90 bits per heavy atom. The average Bonchev–Trinajstić information content (AvgIpc) is 3.03. The SMILES string of the molecule is C[C@@]1(C(F)(F)F)Cn2c(nc(N3CCOCC3)cc2=O)N1CCSc1ccccc1. The van der Waals surface area contributed by atoms with Gasteiger partial charge in [0.2, 0.25) is 5.95 Å². The smallest absolute Gasteiger partial charge is 0.378 e. The van der Waals surface area contributed by atoms with Gasteiger partial charge in [-0.2, -0.15) is 18.2 Å². The number of morpholine rings is 1. The average molecular weight is 440 g/mol. The number of hydrogen-bond acceptors (Lipinski definition) is 6. The van der Waals surface area contributed by atoms with Gasteiger partial charge in [-0.15, -0.1) is 11.8 Å². The second-order valence-corrected chi connectivity index (χ2v) is 8.69. The molecule has 4 rings (SSSR count). The topological polar surface area (TPSA) is 50.6 Å². The van der Waals surface area contributed by atoms with Crippen LogP contribution in [0.1, 0.15) is 6.92 Å². The van der Waals surface area contributed by atoms with Crippen LogP contribution in [0.2, 0.25) is 0 Å². The number of anilines is 2. The van der Waals surface area contributed by atoms with Crippen molar-refractivity contribution in [3.8, 4) is 0 Å². The molecule has 1 fully saturated rings. The van der Waals surface area contributed by atoms with Crippen LogP contribution in [0.3, 0.4) is 0 Å². The molecule has 0 N–H and O–H groups in total. The Labute approximate surface area is 176 Å². The minimum atomic E-state index is -4.51. The molecule has 0 spiro atoms. The van der Waals surface area contributed by atoms with Crippen molar-refractivity contribution in [3.05, 3.63) is 46.8 Å². The molecular weight excluding hydrogens is 417 g/mol. The number of ether oxygens (including phenoxy) is 1. The molecule has 0 unspecified atom stereocenters. The highest BCUT2D eigenvalue weighted by molar-refractivity contribution is 7.99. The lowest BCUT2D eigenvalue weighted by Gasteiger charge is -2.37. The molecule has 2 aliphatic heterocycles. The highest BCUT2D eigenvalue weighted by Gasteiger charge is 2.59. The minimum absolute atomic E-state index is 0.0810. The first-order chi connectivity index (χ1) is 14.3. The van der Waals surface area contributed by atoms with E-state index in [2.05, 4.69) is 4.98 Å². The van der Waals surface area contributed by atoms with Gasteiger partial charge in [0.1, 0.15) is 5.82 Å². The summed E-state index contributed by atoms with van der Waals surface area (Å²) in [5.41, 5.74) is -2.65. The van der Waals surface area contributed by atoms with Gasteiger partial charge in [0.05, 0.1) is 19.8 Å². The third-order valence-corrected chi connectivity index (χ3v) is 6.54. The first-order valence-electron chi connectivity index (χ1n) is 9.76. The summed E-state index contributed by atoms with van der Waals surface area (Å²) < 4.78 is 48.7. The number of alkyl halides is 3. The molecule has 1 aromatic carbocycles. The van der Waals surface area contributed by atoms with Crippen LogP contribution in [0.15, 0.2) is 46.1 Å². The molecule has 0 aliphatic carbocycles. The van der Waals surface area contributed by atoms with Gasteiger partial charge in [-0.1, -0.05) is 18.2 Å². The maximum absolute atomic E-state index is 14.1. The number of thioether (sulfide) groups is 1. The van der Waals surface area contributed by atoms with Gasteiger partial charge < -0.3 is 14.5 Å². The van der Waals surface area contributed by atoms with E-state index in [1.807, 2.05) is 35.2 Å². The molecule has 1 saturated heterocycles. The maximum atomic E-state index is 14.1. The van der Waals surface area contributed by atoms with Crippen molar-refractivity contribution in [1.82, 2.24) is 9.55 Å². The van der Waals surface area contributed by atoms with E-state index in [0.29, 0.717) is 37.9 Å². The van der Waals surface area contributed by atoms with Crippen LogP contribution in [-0.4, -0.2) is 59.9 Å². The van der Waals surface area contributed by atoms with E-state index in [4.69, 9.17) is 4.74 Å². The summed E-state index contributed by atoms with van der Waals surface area (Å²) >= 11 is 1.48. The minimum Gasteiger partial charge on any atom is -0.378 e. The van der Waals surface area contributed by atoms with E-state index in [1.54, 1.807) is 0 Å². The summed E-state index contributed by atoms with van der Waals surface area (Å²) in [6, 6.07) is 10.8. The molecule has 6 nitrogen and oxygen atoms in total. The van der Waals surface area contributed by atoms with Crippen LogP contribution in [-0.2, 0) is 11.3 Å². The third-order valence-electron chi connectivity index (χ3n) is 5.55. The molecule has 0 saturated carbocycles. The van der Waals surface area contributed by atoms with Gasteiger partial charge in [0.25, 0.3) is 5.56 Å². The fourth-order valence-electron chi connectivity index (χ4n) is 3.77. The summed E-state index contributed by atoms with van der Waals surface area (Å²) in [7, 11) is 0. The first kappa shape index (κ1) is 21.0. The molecule has 0 radical (unpaired) electrons. The second-order valence-electron chi connectivity index (χ2n) is 7.52. The Hall–Kier alpha value is -2.20. The van der Waals surface area contributed by atoms with Crippen LogP contribution in [0, 0.1) is 0 Å². The van der Waals surface area contributed by atoms with Crippen molar-refractivity contribution in [1.29, 1.82) is 0 Å². The van der Waals surface area contributed by atoms with E-state index >= 15 is 0 Å². The maximum Gasteiger partial charge on any atom is 0.413 e. The summed E-state index contributed by atoms with van der Waals surface area (Å²) in [5.74, 6) is 0.923. The van der Waals surface area contributed by atoms with Gasteiger partial charge in [-0.3, -0.25) is 9.36 Å². The number of aromatic nitrogens is 2. The van der Waals surface area contributed by atoms with E-state index < -0.39 is 23.8 Å². The number of rotatable bonds is 5. The van der Waals surface area contributed by atoms with Crippen LogP contribution in [0.25, 0.3) is 0 Å². The van der Waals surface area contributed by atoms with E-state index in [-0.39, 0.29) is 12.5 Å². The standard InChI is InChI=1S/C20H23F3N4O2S/c1-19(20(21,22)23)14-26-17(28)13-16(25-7-10-29-11-8-25)24-18(26)27(19)9-12-30-15-5-3-2-4-6-15/h2-6,13H,7-12,14H2,1H3/t19-/m0/s1. The number of benzene rings is 1.